The molecule has 4 heteroatoms. The minimum atomic E-state index is -0.402. The normalized spacial score (nSPS) is 11.0. The molecule has 0 N–H and O–H groups in total. The third-order valence-corrected chi connectivity index (χ3v) is 4.35. The lowest BCUT2D eigenvalue weighted by atomic mass is 10.0. The second-order valence-corrected chi connectivity index (χ2v) is 6.16. The fourth-order valence-corrected chi connectivity index (χ4v) is 3.11. The van der Waals surface area contributed by atoms with Gasteiger partial charge in [-0.05, 0) is 35.9 Å². The number of ketones is 1. The van der Waals surface area contributed by atoms with Crippen molar-refractivity contribution in [2.45, 2.75) is 13.3 Å². The highest BCUT2D eigenvalue weighted by Crippen LogP contribution is 2.30. The number of rotatable bonds is 4. The van der Waals surface area contributed by atoms with E-state index in [0.717, 1.165) is 27.3 Å². The van der Waals surface area contributed by atoms with Gasteiger partial charge in [0.05, 0.1) is 12.7 Å². The van der Waals surface area contributed by atoms with E-state index in [4.69, 9.17) is 9.15 Å². The third kappa shape index (κ3) is 2.97. The molecule has 0 aliphatic rings. The smallest absolute Gasteiger partial charge is 0.315 e. The van der Waals surface area contributed by atoms with Gasteiger partial charge in [0.15, 0.2) is 5.78 Å². The third-order valence-electron chi connectivity index (χ3n) is 4.35. The van der Waals surface area contributed by atoms with Crippen molar-refractivity contribution in [3.63, 3.8) is 0 Å². The Morgan fingerprint density at radius 3 is 2.69 bits per heavy atom. The lowest BCUT2D eigenvalue weighted by Crippen LogP contribution is -2.11. The number of fused-ring (bicyclic) bond motifs is 3. The molecule has 0 aliphatic heterocycles. The van der Waals surface area contributed by atoms with Crippen molar-refractivity contribution in [2.24, 2.45) is 0 Å². The van der Waals surface area contributed by atoms with Gasteiger partial charge in [0, 0.05) is 16.5 Å². The highest BCUT2D eigenvalue weighted by Gasteiger charge is 2.15. The summed E-state index contributed by atoms with van der Waals surface area (Å²) in [4.78, 5) is 23.8. The molecule has 0 atom stereocenters. The number of esters is 1. The van der Waals surface area contributed by atoms with E-state index in [1.54, 1.807) is 30.5 Å². The predicted octanol–water partition coefficient (Wildman–Crippen LogP) is 4.94. The van der Waals surface area contributed by atoms with Crippen LogP contribution in [0.5, 0.6) is 5.75 Å². The van der Waals surface area contributed by atoms with Crippen molar-refractivity contribution in [1.82, 2.24) is 0 Å². The maximum atomic E-state index is 12.4. The lowest BCUT2D eigenvalue weighted by molar-refractivity contribution is -0.133. The van der Waals surface area contributed by atoms with Gasteiger partial charge >= 0.3 is 5.97 Å². The highest BCUT2D eigenvalue weighted by molar-refractivity contribution is 6.08. The molecule has 3 aromatic carbocycles. The Morgan fingerprint density at radius 1 is 1.00 bits per heavy atom. The summed E-state index contributed by atoms with van der Waals surface area (Å²) >= 11 is 0. The summed E-state index contributed by atoms with van der Waals surface area (Å²) in [5.41, 5.74) is 2.03. The van der Waals surface area contributed by atoms with E-state index in [-0.39, 0.29) is 12.2 Å². The Hall–Kier alpha value is -3.40. The molecule has 0 fully saturated rings. The summed E-state index contributed by atoms with van der Waals surface area (Å²) in [5, 5.41) is 3.06. The molecule has 1 heterocycles. The van der Waals surface area contributed by atoms with E-state index >= 15 is 0 Å². The molecule has 0 saturated heterocycles. The van der Waals surface area contributed by atoms with Crippen LogP contribution in [0.4, 0.5) is 0 Å². The average molecular weight is 344 g/mol. The Kier molecular flexibility index (Phi) is 4.01. The zero-order valence-electron chi connectivity index (χ0n) is 14.2. The van der Waals surface area contributed by atoms with Gasteiger partial charge in [-0.2, -0.15) is 0 Å². The number of Topliss-reactive ketones (excluding diaryl/α,β-unsaturated/α-hetero) is 1. The first-order chi connectivity index (χ1) is 12.6. The molecule has 0 spiro atoms. The summed E-state index contributed by atoms with van der Waals surface area (Å²) in [6.07, 6.45) is 1.69. The molecule has 1 aromatic heterocycles. The van der Waals surface area contributed by atoms with E-state index in [0.29, 0.717) is 11.3 Å². The number of ether oxygens (including phenoxy) is 1. The monoisotopic (exact) mass is 344 g/mol. The van der Waals surface area contributed by atoms with E-state index < -0.39 is 5.97 Å². The molecule has 0 radical (unpaired) electrons. The summed E-state index contributed by atoms with van der Waals surface area (Å²) in [6.45, 7) is 1.48. The van der Waals surface area contributed by atoms with Crippen molar-refractivity contribution < 1.29 is 18.7 Å². The second kappa shape index (κ2) is 6.48. The van der Waals surface area contributed by atoms with Crippen LogP contribution in [0.3, 0.4) is 0 Å². The van der Waals surface area contributed by atoms with Gasteiger partial charge in [-0.25, -0.2) is 0 Å². The SMILES string of the molecule is CC(=O)c1cccc(OC(=O)Cc2coc3ccc4ccccc4c23)c1. The molecule has 26 heavy (non-hydrogen) atoms. The van der Waals surface area contributed by atoms with Crippen LogP contribution in [0, 0.1) is 0 Å². The van der Waals surface area contributed by atoms with Gasteiger partial charge in [0.1, 0.15) is 11.3 Å². The molecule has 4 nitrogen and oxygen atoms in total. The fraction of sp³-hybridized carbons (Fsp3) is 0.0909. The molecule has 0 aliphatic carbocycles. The number of hydrogen-bond donors (Lipinski definition) is 0. The van der Waals surface area contributed by atoms with Crippen LogP contribution in [-0.4, -0.2) is 11.8 Å². The van der Waals surface area contributed by atoms with E-state index in [1.165, 1.54) is 6.92 Å². The summed E-state index contributed by atoms with van der Waals surface area (Å²) in [6, 6.07) is 18.5. The molecule has 4 rings (SSSR count). The van der Waals surface area contributed by atoms with Gasteiger partial charge in [-0.3, -0.25) is 9.59 Å². The van der Waals surface area contributed by atoms with E-state index in [9.17, 15) is 9.59 Å². The van der Waals surface area contributed by atoms with Crippen LogP contribution in [0.2, 0.25) is 0 Å². The van der Waals surface area contributed by atoms with Gasteiger partial charge < -0.3 is 9.15 Å². The minimum absolute atomic E-state index is 0.0739. The first kappa shape index (κ1) is 16.1. The van der Waals surface area contributed by atoms with Crippen molar-refractivity contribution in [2.75, 3.05) is 0 Å². The number of carbonyl (C=O) groups excluding carboxylic acids is 2. The van der Waals surface area contributed by atoms with Gasteiger partial charge in [0.25, 0.3) is 0 Å². The maximum absolute atomic E-state index is 12.4. The van der Waals surface area contributed by atoms with E-state index in [2.05, 4.69) is 0 Å². The van der Waals surface area contributed by atoms with Crippen LogP contribution >= 0.6 is 0 Å². The first-order valence-electron chi connectivity index (χ1n) is 8.31. The molecule has 128 valence electrons. The van der Waals surface area contributed by atoms with E-state index in [1.807, 2.05) is 36.4 Å². The Bertz CT molecular complexity index is 1140. The zero-order chi connectivity index (χ0) is 18.1. The summed E-state index contributed by atoms with van der Waals surface area (Å²) in [7, 11) is 0. The molecule has 0 amide bonds. The summed E-state index contributed by atoms with van der Waals surface area (Å²) < 4.78 is 11.0. The van der Waals surface area contributed by atoms with Crippen molar-refractivity contribution in [3.8, 4) is 5.75 Å². The van der Waals surface area contributed by atoms with Gasteiger partial charge in [-0.1, -0.05) is 42.5 Å². The van der Waals surface area contributed by atoms with Crippen LogP contribution in [0.25, 0.3) is 21.7 Å². The number of carbonyl (C=O) groups is 2. The summed E-state index contributed by atoms with van der Waals surface area (Å²) in [5.74, 6) is -0.114. The van der Waals surface area contributed by atoms with Crippen molar-refractivity contribution >= 4 is 33.5 Å². The first-order valence-corrected chi connectivity index (χ1v) is 8.31. The van der Waals surface area contributed by atoms with Crippen molar-refractivity contribution in [1.29, 1.82) is 0 Å². The molecule has 0 unspecified atom stereocenters. The topological polar surface area (TPSA) is 56.5 Å². The maximum Gasteiger partial charge on any atom is 0.315 e. The zero-order valence-corrected chi connectivity index (χ0v) is 14.2. The molecule has 0 bridgehead atoms. The fourth-order valence-electron chi connectivity index (χ4n) is 3.11. The standard InChI is InChI=1S/C22H16O4/c1-14(23)16-6-4-7-18(11-16)26-21(24)12-17-13-25-20-10-9-15-5-2-3-8-19(15)22(17)20/h2-11,13H,12H2,1H3. The second-order valence-electron chi connectivity index (χ2n) is 6.16. The van der Waals surface area contributed by atoms with Gasteiger partial charge in [-0.15, -0.1) is 0 Å². The molecule has 0 saturated carbocycles. The average Bonchev–Trinajstić information content (AvgIpc) is 3.05. The number of benzene rings is 3. The predicted molar refractivity (Wildman–Crippen MR) is 99.5 cm³/mol. The van der Waals surface area contributed by atoms with Crippen LogP contribution in [-0.2, 0) is 11.2 Å². The van der Waals surface area contributed by atoms with Crippen LogP contribution in [0.1, 0.15) is 22.8 Å². The molecular formula is C22H16O4. The molecular weight excluding hydrogens is 328 g/mol. The number of furan rings is 1. The number of hydrogen-bond acceptors (Lipinski definition) is 4. The van der Waals surface area contributed by atoms with Crippen molar-refractivity contribution in [3.05, 3.63) is 78.1 Å². The highest BCUT2D eigenvalue weighted by atomic mass is 16.5. The van der Waals surface area contributed by atoms with Crippen LogP contribution in [0.15, 0.2) is 71.3 Å². The Morgan fingerprint density at radius 2 is 1.85 bits per heavy atom. The molecule has 4 aromatic rings. The largest absolute Gasteiger partial charge is 0.464 e. The van der Waals surface area contributed by atoms with Crippen LogP contribution < -0.4 is 4.74 Å². The quantitative estimate of drug-likeness (QED) is 0.299. The Balaban J connectivity index is 1.63. The van der Waals surface area contributed by atoms with Gasteiger partial charge in [0.2, 0.25) is 0 Å². The minimum Gasteiger partial charge on any atom is -0.464 e. The Labute approximate surface area is 150 Å². The lowest BCUT2D eigenvalue weighted by Gasteiger charge is -2.05.